The molecule has 8 aromatic carbocycles. The highest BCUT2D eigenvalue weighted by atomic mass is 15.1. The van der Waals surface area contributed by atoms with Crippen LogP contribution in [0.4, 0.5) is 34.1 Å². The Morgan fingerprint density at radius 1 is 0.322 bits per heavy atom. The number of hydrogen-bond acceptors (Lipinski definition) is 2. The van der Waals surface area contributed by atoms with E-state index >= 15 is 0 Å². The lowest BCUT2D eigenvalue weighted by molar-refractivity contribution is 0.660. The number of aryl methyl sites for hydroxylation is 1. The van der Waals surface area contributed by atoms with E-state index in [4.69, 9.17) is 0 Å². The Hall–Kier alpha value is -6.90. The molecule has 2 heteroatoms. The Morgan fingerprint density at radius 3 is 1.34 bits per heavy atom. The van der Waals surface area contributed by atoms with Crippen molar-refractivity contribution in [1.82, 2.24) is 0 Å². The molecule has 0 N–H and O–H groups in total. The third-order valence-corrected chi connectivity index (χ3v) is 12.7. The van der Waals surface area contributed by atoms with Gasteiger partial charge in [0, 0.05) is 45.0 Å². The first-order chi connectivity index (χ1) is 28.7. The molecule has 0 spiro atoms. The summed E-state index contributed by atoms with van der Waals surface area (Å²) in [6, 6.07) is 68.9. The van der Waals surface area contributed by atoms with Gasteiger partial charge in [0.1, 0.15) is 0 Å². The number of nitrogens with zero attached hydrogens (tertiary/aromatic N) is 2. The molecule has 286 valence electrons. The smallest absolute Gasteiger partial charge is 0.0465 e. The van der Waals surface area contributed by atoms with Gasteiger partial charge in [-0.05, 0) is 141 Å². The molecule has 8 aromatic rings. The van der Waals surface area contributed by atoms with Crippen LogP contribution in [0.2, 0.25) is 0 Å². The van der Waals surface area contributed by atoms with Gasteiger partial charge in [-0.2, -0.15) is 0 Å². The van der Waals surface area contributed by atoms with Gasteiger partial charge in [-0.15, -0.1) is 0 Å². The molecule has 0 saturated heterocycles. The zero-order chi connectivity index (χ0) is 40.3. The van der Waals surface area contributed by atoms with Crippen LogP contribution in [0.1, 0.15) is 66.6 Å². The van der Waals surface area contributed by atoms with Crippen molar-refractivity contribution in [3.8, 4) is 22.3 Å². The molecule has 0 aliphatic heterocycles. The molecule has 0 fully saturated rings. The minimum atomic E-state index is -0.176. The Bertz CT molecular complexity index is 2840. The summed E-state index contributed by atoms with van der Waals surface area (Å²) in [6.45, 7) is 11.7. The number of hydrogen-bond donors (Lipinski definition) is 0. The first kappa shape index (κ1) is 36.4. The van der Waals surface area contributed by atoms with Crippen molar-refractivity contribution in [3.63, 3.8) is 0 Å². The molecule has 2 aliphatic carbocycles. The predicted octanol–water partition coefficient (Wildman–Crippen LogP) is 15.7. The van der Waals surface area contributed by atoms with Gasteiger partial charge in [-0.3, -0.25) is 0 Å². The van der Waals surface area contributed by atoms with Gasteiger partial charge in [-0.25, -0.2) is 0 Å². The molecule has 0 radical (unpaired) electrons. The highest BCUT2D eigenvalue weighted by molar-refractivity contribution is 5.89. The van der Waals surface area contributed by atoms with Crippen LogP contribution < -0.4 is 9.80 Å². The van der Waals surface area contributed by atoms with E-state index < -0.39 is 0 Å². The molecule has 2 aliphatic rings. The number of anilines is 6. The standard InChI is InChI=1S/C57H48N2/c1-39-15-14-20-45(35-39)59(46-30-33-50-48-21-12-13-22-52(48)56(2,3)54(50)37-46)47-31-34-51-49-32-27-41(36-53(49)57(4,5)55(51)38-47)24-23-40-25-28-44(29-26-40)58(42-16-8-6-9-17-42)43-18-10-7-11-19-43/h6-38H,1-5H3. The van der Waals surface area contributed by atoms with Crippen molar-refractivity contribution in [2.45, 2.75) is 45.4 Å². The van der Waals surface area contributed by atoms with Gasteiger partial charge in [-0.1, -0.05) is 155 Å². The molecule has 0 bridgehead atoms. The Labute approximate surface area is 349 Å². The summed E-state index contributed by atoms with van der Waals surface area (Å²) < 4.78 is 0. The second kappa shape index (κ2) is 14.2. The van der Waals surface area contributed by atoms with Crippen LogP contribution in [0.3, 0.4) is 0 Å². The van der Waals surface area contributed by atoms with Gasteiger partial charge >= 0.3 is 0 Å². The fourth-order valence-electron chi connectivity index (χ4n) is 9.56. The van der Waals surface area contributed by atoms with Crippen LogP contribution >= 0.6 is 0 Å². The molecule has 0 heterocycles. The summed E-state index contributed by atoms with van der Waals surface area (Å²) in [5.74, 6) is 0. The summed E-state index contributed by atoms with van der Waals surface area (Å²) in [6.07, 6.45) is 4.48. The average molecular weight is 761 g/mol. The van der Waals surface area contributed by atoms with E-state index in [0.29, 0.717) is 0 Å². The monoisotopic (exact) mass is 760 g/mol. The molecule has 0 atom stereocenters. The highest BCUT2D eigenvalue weighted by Crippen LogP contribution is 2.53. The SMILES string of the molecule is Cc1cccc(N(c2ccc3c(c2)C(C)(C)c2ccccc2-3)c2ccc3c(c2)C(C)(C)c2cc(C=Cc4ccc(N(c5ccccc5)c5ccccc5)cc4)ccc2-3)c1. The Kier molecular flexibility index (Phi) is 8.76. The van der Waals surface area contributed by atoms with Gasteiger partial charge < -0.3 is 9.80 Å². The van der Waals surface area contributed by atoms with Crippen molar-refractivity contribution >= 4 is 46.3 Å². The summed E-state index contributed by atoms with van der Waals surface area (Å²) in [7, 11) is 0. The van der Waals surface area contributed by atoms with E-state index in [0.717, 1.165) is 22.6 Å². The van der Waals surface area contributed by atoms with E-state index in [-0.39, 0.29) is 10.8 Å². The molecule has 0 saturated carbocycles. The van der Waals surface area contributed by atoms with E-state index in [1.54, 1.807) is 0 Å². The normalized spacial score (nSPS) is 14.1. The fraction of sp³-hybridized carbons (Fsp3) is 0.123. The third-order valence-electron chi connectivity index (χ3n) is 12.7. The van der Waals surface area contributed by atoms with Gasteiger partial charge in [0.15, 0.2) is 0 Å². The highest BCUT2D eigenvalue weighted by Gasteiger charge is 2.38. The van der Waals surface area contributed by atoms with Gasteiger partial charge in [0.2, 0.25) is 0 Å². The quantitative estimate of drug-likeness (QED) is 0.142. The first-order valence-electron chi connectivity index (χ1n) is 20.8. The van der Waals surface area contributed by atoms with E-state index in [1.165, 1.54) is 72.7 Å². The van der Waals surface area contributed by atoms with Crippen molar-refractivity contribution in [2.24, 2.45) is 0 Å². The lowest BCUT2D eigenvalue weighted by Gasteiger charge is -2.30. The topological polar surface area (TPSA) is 6.48 Å². The fourth-order valence-corrected chi connectivity index (χ4v) is 9.56. The van der Waals surface area contributed by atoms with Crippen molar-refractivity contribution < 1.29 is 0 Å². The second-order valence-electron chi connectivity index (χ2n) is 17.2. The maximum atomic E-state index is 2.45. The van der Waals surface area contributed by atoms with Crippen LogP contribution in [0.15, 0.2) is 188 Å². The molecule has 10 rings (SSSR count). The molecular formula is C57H48N2. The lowest BCUT2D eigenvalue weighted by Crippen LogP contribution is -2.18. The summed E-state index contributed by atoms with van der Waals surface area (Å²) in [5, 5.41) is 0. The maximum Gasteiger partial charge on any atom is 0.0465 e. The average Bonchev–Trinajstić information content (AvgIpc) is 3.63. The first-order valence-corrected chi connectivity index (χ1v) is 20.8. The molecule has 0 amide bonds. The largest absolute Gasteiger partial charge is 0.311 e. The minimum absolute atomic E-state index is 0.0800. The van der Waals surface area contributed by atoms with Gasteiger partial charge in [0.05, 0.1) is 0 Å². The number of fused-ring (bicyclic) bond motifs is 6. The van der Waals surface area contributed by atoms with Crippen LogP contribution in [0.25, 0.3) is 34.4 Å². The Balaban J connectivity index is 0.962. The number of benzene rings is 8. The molecule has 0 unspecified atom stereocenters. The minimum Gasteiger partial charge on any atom is -0.311 e. The van der Waals surface area contributed by atoms with E-state index in [1.807, 2.05) is 0 Å². The van der Waals surface area contributed by atoms with Gasteiger partial charge in [0.25, 0.3) is 0 Å². The zero-order valence-electron chi connectivity index (χ0n) is 34.4. The predicted molar refractivity (Wildman–Crippen MR) is 251 cm³/mol. The number of para-hydroxylation sites is 2. The third kappa shape index (κ3) is 6.28. The van der Waals surface area contributed by atoms with Crippen LogP contribution in [0, 0.1) is 6.92 Å². The second-order valence-corrected chi connectivity index (χ2v) is 17.2. The molecule has 2 nitrogen and oxygen atoms in total. The van der Waals surface area contributed by atoms with E-state index in [2.05, 4.69) is 245 Å². The summed E-state index contributed by atoms with van der Waals surface area (Å²) in [5.41, 5.74) is 21.1. The molecule has 59 heavy (non-hydrogen) atoms. The Morgan fingerprint density at radius 2 is 0.729 bits per heavy atom. The zero-order valence-corrected chi connectivity index (χ0v) is 34.4. The summed E-state index contributed by atoms with van der Waals surface area (Å²) >= 11 is 0. The lowest BCUT2D eigenvalue weighted by atomic mass is 9.81. The number of rotatable bonds is 8. The van der Waals surface area contributed by atoms with Crippen molar-refractivity contribution in [2.75, 3.05) is 9.80 Å². The molecular weight excluding hydrogens is 713 g/mol. The summed E-state index contributed by atoms with van der Waals surface area (Å²) in [4.78, 5) is 4.74. The maximum absolute atomic E-state index is 2.45. The van der Waals surface area contributed by atoms with Crippen LogP contribution in [-0.4, -0.2) is 0 Å². The van der Waals surface area contributed by atoms with Crippen LogP contribution in [-0.2, 0) is 10.8 Å². The van der Waals surface area contributed by atoms with Crippen molar-refractivity contribution in [3.05, 3.63) is 227 Å². The van der Waals surface area contributed by atoms with Crippen molar-refractivity contribution in [1.29, 1.82) is 0 Å². The van der Waals surface area contributed by atoms with E-state index in [9.17, 15) is 0 Å². The van der Waals surface area contributed by atoms with Crippen LogP contribution in [0.5, 0.6) is 0 Å². The molecule has 0 aromatic heterocycles.